The van der Waals surface area contributed by atoms with Gasteiger partial charge in [-0.1, -0.05) is 0 Å². The van der Waals surface area contributed by atoms with E-state index in [0.29, 0.717) is 5.56 Å². The number of phenols is 1. The zero-order valence-corrected chi connectivity index (χ0v) is 9.29. The van der Waals surface area contributed by atoms with Gasteiger partial charge in [0, 0.05) is 18.2 Å². The zero-order chi connectivity index (χ0) is 11.5. The van der Waals surface area contributed by atoms with Crippen LogP contribution in [0.2, 0.25) is 0 Å². The Bertz CT molecular complexity index is 398. The molecule has 1 saturated heterocycles. The average molecular weight is 220 g/mol. The highest BCUT2D eigenvalue weighted by Gasteiger charge is 2.18. The molecule has 0 bridgehead atoms. The van der Waals surface area contributed by atoms with E-state index in [-0.39, 0.29) is 17.7 Å². The number of hydrogen-bond donors (Lipinski definition) is 3. The Kier molecular flexibility index (Phi) is 3.10. The van der Waals surface area contributed by atoms with Gasteiger partial charge in [0.2, 0.25) is 0 Å². The summed E-state index contributed by atoms with van der Waals surface area (Å²) in [5.74, 6) is 0.128. The van der Waals surface area contributed by atoms with Crippen LogP contribution >= 0.6 is 0 Å². The lowest BCUT2D eigenvalue weighted by atomic mass is 10.1. The summed E-state index contributed by atoms with van der Waals surface area (Å²) >= 11 is 0. The highest BCUT2D eigenvalue weighted by Crippen LogP contribution is 2.15. The van der Waals surface area contributed by atoms with Crippen molar-refractivity contribution < 1.29 is 9.90 Å². The van der Waals surface area contributed by atoms with Gasteiger partial charge in [-0.25, -0.2) is 0 Å². The van der Waals surface area contributed by atoms with Crippen molar-refractivity contribution in [1.29, 1.82) is 0 Å². The molecule has 0 aliphatic carbocycles. The molecule has 4 heteroatoms. The smallest absolute Gasteiger partial charge is 0.251 e. The van der Waals surface area contributed by atoms with Gasteiger partial charge in [0.15, 0.2) is 0 Å². The van der Waals surface area contributed by atoms with Gasteiger partial charge in [-0.15, -0.1) is 0 Å². The Morgan fingerprint density at radius 1 is 1.56 bits per heavy atom. The van der Waals surface area contributed by atoms with E-state index in [9.17, 15) is 9.90 Å². The lowest BCUT2D eigenvalue weighted by Crippen LogP contribution is -2.36. The number of aryl methyl sites for hydroxylation is 1. The molecule has 0 radical (unpaired) electrons. The minimum absolute atomic E-state index is 0.0637. The van der Waals surface area contributed by atoms with Crippen molar-refractivity contribution in [3.05, 3.63) is 29.3 Å². The highest BCUT2D eigenvalue weighted by molar-refractivity contribution is 5.96. The molecule has 86 valence electrons. The molecule has 0 unspecified atom stereocenters. The topological polar surface area (TPSA) is 61.4 Å². The second-order valence-electron chi connectivity index (χ2n) is 4.16. The Morgan fingerprint density at radius 3 is 3.00 bits per heavy atom. The van der Waals surface area contributed by atoms with Gasteiger partial charge in [-0.3, -0.25) is 4.79 Å². The largest absolute Gasteiger partial charge is 0.508 e. The minimum atomic E-state index is -0.0637. The van der Waals surface area contributed by atoms with Crippen molar-refractivity contribution in [2.75, 3.05) is 13.1 Å². The van der Waals surface area contributed by atoms with E-state index in [1.165, 1.54) is 6.07 Å². The van der Waals surface area contributed by atoms with Crippen molar-refractivity contribution in [2.24, 2.45) is 0 Å². The van der Waals surface area contributed by atoms with Crippen LogP contribution in [0.1, 0.15) is 22.3 Å². The third kappa shape index (κ3) is 2.33. The van der Waals surface area contributed by atoms with Crippen LogP contribution in [0.5, 0.6) is 5.75 Å². The number of amides is 1. The van der Waals surface area contributed by atoms with Crippen LogP contribution in [0.3, 0.4) is 0 Å². The lowest BCUT2D eigenvalue weighted by molar-refractivity contribution is 0.0939. The summed E-state index contributed by atoms with van der Waals surface area (Å²) < 4.78 is 0. The molecule has 1 atom stereocenters. The summed E-state index contributed by atoms with van der Waals surface area (Å²) in [6.45, 7) is 3.61. The van der Waals surface area contributed by atoms with E-state index in [1.807, 2.05) is 6.92 Å². The van der Waals surface area contributed by atoms with Crippen LogP contribution in [-0.4, -0.2) is 30.1 Å². The molecule has 1 aliphatic rings. The molecule has 4 nitrogen and oxygen atoms in total. The summed E-state index contributed by atoms with van der Waals surface area (Å²) in [4.78, 5) is 11.9. The van der Waals surface area contributed by atoms with E-state index in [1.54, 1.807) is 12.1 Å². The van der Waals surface area contributed by atoms with Gasteiger partial charge in [0.1, 0.15) is 5.75 Å². The van der Waals surface area contributed by atoms with Gasteiger partial charge in [-0.05, 0) is 43.7 Å². The number of aromatic hydroxyl groups is 1. The van der Waals surface area contributed by atoms with Gasteiger partial charge in [0.25, 0.3) is 5.91 Å². The highest BCUT2D eigenvalue weighted by atomic mass is 16.3. The van der Waals surface area contributed by atoms with Crippen LogP contribution in [-0.2, 0) is 0 Å². The first-order valence-corrected chi connectivity index (χ1v) is 5.48. The van der Waals surface area contributed by atoms with Crippen LogP contribution < -0.4 is 10.6 Å². The molecule has 3 N–H and O–H groups in total. The molecule has 1 fully saturated rings. The molecule has 1 aromatic rings. The Balaban J connectivity index is 2.08. The predicted octanol–water partition coefficient (Wildman–Crippen LogP) is 0.792. The van der Waals surface area contributed by atoms with E-state index < -0.39 is 0 Å². The summed E-state index contributed by atoms with van der Waals surface area (Å²) in [6, 6.07) is 5.01. The maximum atomic E-state index is 11.9. The van der Waals surface area contributed by atoms with Gasteiger partial charge in [-0.2, -0.15) is 0 Å². The van der Waals surface area contributed by atoms with Crippen LogP contribution in [0.4, 0.5) is 0 Å². The maximum absolute atomic E-state index is 11.9. The molecule has 0 aromatic heterocycles. The van der Waals surface area contributed by atoms with E-state index in [2.05, 4.69) is 10.6 Å². The average Bonchev–Trinajstić information content (AvgIpc) is 2.70. The molecule has 1 heterocycles. The first kappa shape index (κ1) is 11.0. The molecule has 1 aromatic carbocycles. The quantitative estimate of drug-likeness (QED) is 0.690. The van der Waals surface area contributed by atoms with Crippen LogP contribution in [0, 0.1) is 6.92 Å². The van der Waals surface area contributed by atoms with Crippen LogP contribution in [0.15, 0.2) is 18.2 Å². The summed E-state index contributed by atoms with van der Waals surface area (Å²) in [6.07, 6.45) is 0.975. The molecular formula is C12H16N2O2. The Morgan fingerprint density at radius 2 is 2.38 bits per heavy atom. The van der Waals surface area contributed by atoms with E-state index >= 15 is 0 Å². The normalized spacial score (nSPS) is 19.7. The zero-order valence-electron chi connectivity index (χ0n) is 9.29. The summed E-state index contributed by atoms with van der Waals surface area (Å²) in [5.41, 5.74) is 1.42. The fourth-order valence-electron chi connectivity index (χ4n) is 1.94. The number of carbonyl (C=O) groups excluding carboxylic acids is 1. The number of phenolic OH excluding ortho intramolecular Hbond substituents is 1. The maximum Gasteiger partial charge on any atom is 0.251 e. The molecule has 2 rings (SSSR count). The van der Waals surface area contributed by atoms with Crippen molar-refractivity contribution in [1.82, 2.24) is 10.6 Å². The molecule has 1 aliphatic heterocycles. The SMILES string of the molecule is Cc1cc(O)ccc1C(=O)N[C@H]1CCNC1. The summed E-state index contributed by atoms with van der Waals surface area (Å²) in [5, 5.41) is 15.4. The molecule has 0 saturated carbocycles. The number of rotatable bonds is 2. The van der Waals surface area contributed by atoms with Crippen molar-refractivity contribution >= 4 is 5.91 Å². The number of nitrogens with one attached hydrogen (secondary N) is 2. The van der Waals surface area contributed by atoms with E-state index in [0.717, 1.165) is 25.1 Å². The van der Waals surface area contributed by atoms with Crippen LogP contribution in [0.25, 0.3) is 0 Å². The Hall–Kier alpha value is -1.55. The molecule has 16 heavy (non-hydrogen) atoms. The van der Waals surface area contributed by atoms with Crippen molar-refractivity contribution in [3.8, 4) is 5.75 Å². The standard InChI is InChI=1S/C12H16N2O2/c1-8-6-10(15)2-3-11(8)12(16)14-9-4-5-13-7-9/h2-3,6,9,13,15H,4-5,7H2,1H3,(H,14,16)/t9-/m0/s1. The first-order valence-electron chi connectivity index (χ1n) is 5.48. The van der Waals surface area contributed by atoms with Gasteiger partial charge < -0.3 is 15.7 Å². The number of benzene rings is 1. The van der Waals surface area contributed by atoms with Gasteiger partial charge in [0.05, 0.1) is 0 Å². The first-order chi connectivity index (χ1) is 7.66. The number of carbonyl (C=O) groups is 1. The van der Waals surface area contributed by atoms with E-state index in [4.69, 9.17) is 0 Å². The Labute approximate surface area is 94.7 Å². The summed E-state index contributed by atoms with van der Waals surface area (Å²) in [7, 11) is 0. The fourth-order valence-corrected chi connectivity index (χ4v) is 1.94. The lowest BCUT2D eigenvalue weighted by Gasteiger charge is -2.12. The monoisotopic (exact) mass is 220 g/mol. The van der Waals surface area contributed by atoms with Gasteiger partial charge >= 0.3 is 0 Å². The van der Waals surface area contributed by atoms with Crippen molar-refractivity contribution in [3.63, 3.8) is 0 Å². The number of hydrogen-bond acceptors (Lipinski definition) is 3. The molecule has 1 amide bonds. The fraction of sp³-hybridized carbons (Fsp3) is 0.417. The minimum Gasteiger partial charge on any atom is -0.508 e. The van der Waals surface area contributed by atoms with Crippen molar-refractivity contribution in [2.45, 2.75) is 19.4 Å². The predicted molar refractivity (Wildman–Crippen MR) is 61.6 cm³/mol. The third-order valence-electron chi connectivity index (χ3n) is 2.85. The molecular weight excluding hydrogens is 204 g/mol. The third-order valence-corrected chi connectivity index (χ3v) is 2.85. The molecule has 0 spiro atoms. The second-order valence-corrected chi connectivity index (χ2v) is 4.16. The second kappa shape index (κ2) is 4.53.